The van der Waals surface area contributed by atoms with E-state index in [4.69, 9.17) is 0 Å². The number of benzene rings is 1. The highest BCUT2D eigenvalue weighted by Gasteiger charge is 2.10. The van der Waals surface area contributed by atoms with Crippen LogP contribution in [0.4, 0.5) is 0 Å². The number of hydrogen-bond acceptors (Lipinski definition) is 3. The highest BCUT2D eigenvalue weighted by atomic mass is 16.3. The number of rotatable bonds is 10. The molecule has 0 aromatic heterocycles. The fourth-order valence-corrected chi connectivity index (χ4v) is 2.28. The second kappa shape index (κ2) is 12.3. The maximum absolute atomic E-state index is 11.8. The zero-order chi connectivity index (χ0) is 18.5. The molecule has 2 unspecified atom stereocenters. The van der Waals surface area contributed by atoms with Crippen molar-refractivity contribution >= 4 is 11.9 Å². The van der Waals surface area contributed by atoms with Crippen LogP contribution in [0, 0.1) is 0 Å². The lowest BCUT2D eigenvalue weighted by atomic mass is 10.0. The van der Waals surface area contributed by atoms with Gasteiger partial charge >= 0.3 is 0 Å². The number of amides is 1. The lowest BCUT2D eigenvalue weighted by molar-refractivity contribution is -0.121. The van der Waals surface area contributed by atoms with E-state index in [0.29, 0.717) is 25.5 Å². The Hall–Kier alpha value is -2.08. The number of aliphatic hydroxyl groups excluding tert-OH is 1. The predicted molar refractivity (Wildman–Crippen MR) is 103 cm³/mol. The van der Waals surface area contributed by atoms with Crippen molar-refractivity contribution in [3.63, 3.8) is 0 Å². The monoisotopic (exact) mass is 348 g/mol. The number of aliphatic hydroxyl groups is 1. The molecule has 0 aliphatic carbocycles. The van der Waals surface area contributed by atoms with Gasteiger partial charge in [0.05, 0.1) is 13.2 Å². The molecule has 0 heterocycles. The van der Waals surface area contributed by atoms with Crippen molar-refractivity contribution in [2.75, 3.05) is 26.2 Å². The second-order valence-corrected chi connectivity index (χ2v) is 6.06. The van der Waals surface area contributed by atoms with Crippen LogP contribution in [0.1, 0.15) is 45.1 Å². The van der Waals surface area contributed by atoms with E-state index in [-0.39, 0.29) is 24.5 Å². The van der Waals surface area contributed by atoms with E-state index in [0.717, 1.165) is 18.5 Å². The van der Waals surface area contributed by atoms with Crippen molar-refractivity contribution in [2.24, 2.45) is 4.99 Å². The summed E-state index contributed by atoms with van der Waals surface area (Å²) in [4.78, 5) is 16.3. The molecule has 1 rings (SSSR count). The molecule has 0 radical (unpaired) electrons. The summed E-state index contributed by atoms with van der Waals surface area (Å²) < 4.78 is 0. The molecule has 0 saturated heterocycles. The van der Waals surface area contributed by atoms with E-state index in [1.807, 2.05) is 51.1 Å². The van der Waals surface area contributed by atoms with Gasteiger partial charge in [0.1, 0.15) is 0 Å². The molecule has 0 fully saturated rings. The summed E-state index contributed by atoms with van der Waals surface area (Å²) in [5, 5.41) is 18.9. The molecule has 0 aliphatic rings. The fourth-order valence-electron chi connectivity index (χ4n) is 2.28. The minimum absolute atomic E-state index is 0.0367. The zero-order valence-electron chi connectivity index (χ0n) is 15.6. The molecular formula is C19H32N4O2. The van der Waals surface area contributed by atoms with Gasteiger partial charge in [0.2, 0.25) is 5.91 Å². The Balaban J connectivity index is 2.51. The van der Waals surface area contributed by atoms with Crippen molar-refractivity contribution in [2.45, 2.75) is 45.6 Å². The van der Waals surface area contributed by atoms with Crippen molar-refractivity contribution in [1.29, 1.82) is 0 Å². The lowest BCUT2D eigenvalue weighted by Crippen LogP contribution is -2.40. The molecule has 0 saturated carbocycles. The Labute approximate surface area is 151 Å². The van der Waals surface area contributed by atoms with E-state index in [1.54, 1.807) is 0 Å². The normalized spacial score (nSPS) is 13.8. The summed E-state index contributed by atoms with van der Waals surface area (Å²) in [6.07, 6.45) is 1.32. The quantitative estimate of drug-likeness (QED) is 0.382. The maximum Gasteiger partial charge on any atom is 0.221 e. The van der Waals surface area contributed by atoms with E-state index in [2.05, 4.69) is 20.9 Å². The maximum atomic E-state index is 11.8. The average Bonchev–Trinajstić information content (AvgIpc) is 2.62. The molecule has 0 aliphatic heterocycles. The molecular weight excluding hydrogens is 316 g/mol. The summed E-state index contributed by atoms with van der Waals surface area (Å²) >= 11 is 0. The van der Waals surface area contributed by atoms with Crippen molar-refractivity contribution in [3.8, 4) is 0 Å². The minimum atomic E-state index is -0.0367. The van der Waals surface area contributed by atoms with Crippen LogP contribution < -0.4 is 16.0 Å². The molecule has 140 valence electrons. The van der Waals surface area contributed by atoms with Gasteiger partial charge < -0.3 is 21.1 Å². The van der Waals surface area contributed by atoms with E-state index in [9.17, 15) is 9.90 Å². The standard InChI is InChI=1S/C19H32N4O2/c1-4-15(3)23-18(25)11-12-21-19(20-5-2)22-13-17(14-24)16-9-7-6-8-10-16/h6-10,15,17,24H,4-5,11-14H2,1-3H3,(H,23,25)(H2,20,21,22). The van der Waals surface area contributed by atoms with Crippen molar-refractivity contribution < 1.29 is 9.90 Å². The van der Waals surface area contributed by atoms with Crippen LogP contribution in [0.3, 0.4) is 0 Å². The minimum Gasteiger partial charge on any atom is -0.396 e. The predicted octanol–water partition coefficient (Wildman–Crippen LogP) is 1.62. The van der Waals surface area contributed by atoms with Gasteiger partial charge in [-0.05, 0) is 25.8 Å². The largest absolute Gasteiger partial charge is 0.396 e. The lowest BCUT2D eigenvalue weighted by Gasteiger charge is -2.16. The summed E-state index contributed by atoms with van der Waals surface area (Å²) in [5.74, 6) is 0.661. The van der Waals surface area contributed by atoms with Crippen LogP contribution in [0.2, 0.25) is 0 Å². The number of guanidine groups is 1. The third kappa shape index (κ3) is 8.54. The molecule has 1 amide bonds. The first-order chi connectivity index (χ1) is 12.1. The van der Waals surface area contributed by atoms with Gasteiger partial charge in [-0.15, -0.1) is 0 Å². The third-order valence-corrected chi connectivity index (χ3v) is 3.97. The fraction of sp³-hybridized carbons (Fsp3) is 0.579. The van der Waals surface area contributed by atoms with Gasteiger partial charge in [0.15, 0.2) is 5.96 Å². The Kier molecular flexibility index (Phi) is 10.3. The Bertz CT molecular complexity index is 519. The molecule has 0 bridgehead atoms. The van der Waals surface area contributed by atoms with E-state index in [1.165, 1.54) is 0 Å². The first-order valence-electron chi connectivity index (χ1n) is 9.08. The van der Waals surface area contributed by atoms with Crippen LogP contribution in [-0.4, -0.2) is 49.3 Å². The molecule has 1 aromatic rings. The van der Waals surface area contributed by atoms with Crippen molar-refractivity contribution in [1.82, 2.24) is 16.0 Å². The SMILES string of the molecule is CCNC(=NCC(CO)c1ccccc1)NCCC(=O)NC(C)CC. The van der Waals surface area contributed by atoms with Crippen LogP contribution in [0.25, 0.3) is 0 Å². The van der Waals surface area contributed by atoms with Gasteiger partial charge in [-0.25, -0.2) is 0 Å². The van der Waals surface area contributed by atoms with E-state index >= 15 is 0 Å². The van der Waals surface area contributed by atoms with Crippen LogP contribution in [0.5, 0.6) is 0 Å². The molecule has 25 heavy (non-hydrogen) atoms. The first-order valence-corrected chi connectivity index (χ1v) is 9.08. The van der Waals surface area contributed by atoms with E-state index < -0.39 is 0 Å². The van der Waals surface area contributed by atoms with Crippen LogP contribution in [0.15, 0.2) is 35.3 Å². The highest BCUT2D eigenvalue weighted by molar-refractivity contribution is 5.81. The zero-order valence-corrected chi connectivity index (χ0v) is 15.6. The number of hydrogen-bond donors (Lipinski definition) is 4. The third-order valence-electron chi connectivity index (χ3n) is 3.97. The molecule has 2 atom stereocenters. The van der Waals surface area contributed by atoms with Crippen molar-refractivity contribution in [3.05, 3.63) is 35.9 Å². The van der Waals surface area contributed by atoms with Crippen LogP contribution in [-0.2, 0) is 4.79 Å². The Morgan fingerprint density at radius 1 is 1.20 bits per heavy atom. The molecule has 6 heteroatoms. The molecule has 6 nitrogen and oxygen atoms in total. The summed E-state index contributed by atoms with van der Waals surface area (Å²) in [6.45, 7) is 7.81. The second-order valence-electron chi connectivity index (χ2n) is 6.06. The summed E-state index contributed by atoms with van der Waals surface area (Å²) in [6, 6.07) is 10.1. The molecule has 4 N–H and O–H groups in total. The topological polar surface area (TPSA) is 85.8 Å². The molecule has 0 spiro atoms. The van der Waals surface area contributed by atoms with Gasteiger partial charge in [-0.2, -0.15) is 0 Å². The van der Waals surface area contributed by atoms with Gasteiger partial charge in [-0.3, -0.25) is 9.79 Å². The van der Waals surface area contributed by atoms with Gasteiger partial charge in [-0.1, -0.05) is 37.3 Å². The van der Waals surface area contributed by atoms with Gasteiger partial charge in [0, 0.05) is 31.5 Å². The highest BCUT2D eigenvalue weighted by Crippen LogP contribution is 2.14. The summed E-state index contributed by atoms with van der Waals surface area (Å²) in [7, 11) is 0. The van der Waals surface area contributed by atoms with Crippen LogP contribution >= 0.6 is 0 Å². The number of carbonyl (C=O) groups excluding carboxylic acids is 1. The Morgan fingerprint density at radius 2 is 1.92 bits per heavy atom. The first kappa shape index (κ1) is 21.0. The Morgan fingerprint density at radius 3 is 2.52 bits per heavy atom. The summed E-state index contributed by atoms with van der Waals surface area (Å²) in [5.41, 5.74) is 1.07. The smallest absolute Gasteiger partial charge is 0.221 e. The number of nitrogens with zero attached hydrogens (tertiary/aromatic N) is 1. The number of aliphatic imine (C=N–C) groups is 1. The molecule has 1 aromatic carbocycles. The number of carbonyl (C=O) groups is 1. The van der Waals surface area contributed by atoms with Gasteiger partial charge in [0.25, 0.3) is 0 Å². The average molecular weight is 348 g/mol. The number of nitrogens with one attached hydrogen (secondary N) is 3.